The maximum atomic E-state index is 11.4. The molecule has 0 amide bonds. The maximum Gasteiger partial charge on any atom is 0.311 e. The van der Waals surface area contributed by atoms with Gasteiger partial charge in [-0.15, -0.1) is 11.3 Å². The topological polar surface area (TPSA) is 48.4 Å². The van der Waals surface area contributed by atoms with Crippen molar-refractivity contribution in [2.75, 3.05) is 13.7 Å². The van der Waals surface area contributed by atoms with Gasteiger partial charge in [-0.1, -0.05) is 30.3 Å². The minimum atomic E-state index is -0.278. The van der Waals surface area contributed by atoms with Crippen LogP contribution in [0.2, 0.25) is 0 Å². The number of aromatic nitrogens is 1. The Balaban J connectivity index is 1.84. The number of thiazole rings is 1. The third-order valence-electron chi connectivity index (χ3n) is 2.88. The van der Waals surface area contributed by atoms with Gasteiger partial charge in [0.05, 0.1) is 32.4 Å². The molecule has 0 aliphatic rings. The second kappa shape index (κ2) is 8.26. The number of hydrogen-bond acceptors (Lipinski definition) is 5. The molecule has 4 nitrogen and oxygen atoms in total. The Bertz CT molecular complexity index is 586. The molecule has 6 heteroatoms. The average molecular weight is 370 g/mol. The molecule has 0 aliphatic heterocycles. The van der Waals surface area contributed by atoms with Gasteiger partial charge in [-0.2, -0.15) is 0 Å². The molecule has 0 radical (unpaired) electrons. The maximum absolute atomic E-state index is 11.4. The molecule has 1 aromatic carbocycles. The van der Waals surface area contributed by atoms with Crippen molar-refractivity contribution in [2.45, 2.75) is 19.4 Å². The molecule has 2 aromatic rings. The van der Waals surface area contributed by atoms with Crippen molar-refractivity contribution in [1.29, 1.82) is 0 Å². The van der Waals surface area contributed by atoms with Gasteiger partial charge in [0, 0.05) is 11.3 Å². The van der Waals surface area contributed by atoms with E-state index in [4.69, 9.17) is 4.74 Å². The van der Waals surface area contributed by atoms with Crippen molar-refractivity contribution in [3.8, 4) is 0 Å². The van der Waals surface area contributed by atoms with Gasteiger partial charge in [-0.25, -0.2) is 4.98 Å². The van der Waals surface area contributed by atoms with Crippen molar-refractivity contribution in [2.24, 2.45) is 0 Å². The second-order valence-electron chi connectivity index (χ2n) is 4.38. The van der Waals surface area contributed by atoms with E-state index in [1.807, 2.05) is 30.3 Å². The molecule has 21 heavy (non-hydrogen) atoms. The molecule has 0 fully saturated rings. The number of nitrogens with zero attached hydrogens (tertiary/aromatic N) is 1. The zero-order chi connectivity index (χ0) is 15.1. The summed E-state index contributed by atoms with van der Waals surface area (Å²) >= 11 is 4.89. The predicted molar refractivity (Wildman–Crippen MR) is 85.3 cm³/mol. The largest absolute Gasteiger partial charge is 0.469 e. The lowest BCUT2D eigenvalue weighted by Crippen LogP contribution is -2.07. The fraction of sp³-hybridized carbons (Fsp3) is 0.333. The quantitative estimate of drug-likeness (QED) is 0.554. The molecule has 0 bridgehead atoms. The zero-order valence-electron chi connectivity index (χ0n) is 11.7. The van der Waals surface area contributed by atoms with Gasteiger partial charge in [0.25, 0.3) is 0 Å². The van der Waals surface area contributed by atoms with Crippen LogP contribution in [0.3, 0.4) is 0 Å². The van der Waals surface area contributed by atoms with Gasteiger partial charge < -0.3 is 9.47 Å². The monoisotopic (exact) mass is 369 g/mol. The lowest BCUT2D eigenvalue weighted by atomic mass is 10.2. The van der Waals surface area contributed by atoms with Crippen molar-refractivity contribution < 1.29 is 14.3 Å². The summed E-state index contributed by atoms with van der Waals surface area (Å²) in [4.78, 5) is 16.7. The first-order valence-corrected chi connectivity index (χ1v) is 8.12. The van der Waals surface area contributed by atoms with E-state index in [1.165, 1.54) is 18.4 Å². The highest BCUT2D eigenvalue weighted by Crippen LogP contribution is 2.24. The molecule has 2 rings (SSSR count). The first-order chi connectivity index (χ1) is 10.2. The normalized spacial score (nSPS) is 10.6. The number of ether oxygens (including phenoxy) is 2. The molecule has 0 aliphatic carbocycles. The van der Waals surface area contributed by atoms with Crippen LogP contribution in [0, 0.1) is 0 Å². The fourth-order valence-electron chi connectivity index (χ4n) is 1.82. The number of methoxy groups -OCH3 is 1. The first-order valence-electron chi connectivity index (χ1n) is 6.51. The lowest BCUT2D eigenvalue weighted by Gasteiger charge is -2.04. The van der Waals surface area contributed by atoms with Crippen LogP contribution in [-0.4, -0.2) is 24.7 Å². The van der Waals surface area contributed by atoms with Gasteiger partial charge in [-0.3, -0.25) is 4.79 Å². The summed E-state index contributed by atoms with van der Waals surface area (Å²) in [5.74, 6) is -0.278. The number of hydrogen-bond donors (Lipinski definition) is 0. The molecule has 0 N–H and O–H groups in total. The van der Waals surface area contributed by atoms with E-state index < -0.39 is 0 Å². The molecule has 0 unspecified atom stereocenters. The van der Waals surface area contributed by atoms with Crippen molar-refractivity contribution in [3.05, 3.63) is 50.4 Å². The molecular formula is C15H16BrNO3S. The van der Waals surface area contributed by atoms with Crippen molar-refractivity contribution in [3.63, 3.8) is 0 Å². The zero-order valence-corrected chi connectivity index (χ0v) is 14.1. The number of halogens is 1. The van der Waals surface area contributed by atoms with Gasteiger partial charge in [-0.05, 0) is 21.5 Å². The van der Waals surface area contributed by atoms with Crippen LogP contribution in [0.5, 0.6) is 0 Å². The fourth-order valence-corrected chi connectivity index (χ4v) is 3.40. The minimum Gasteiger partial charge on any atom is -0.469 e. The van der Waals surface area contributed by atoms with Crippen LogP contribution in [-0.2, 0) is 33.7 Å². The molecule has 0 saturated carbocycles. The number of carbonyl (C=O) groups excluding carboxylic acids is 1. The Labute approximate surface area is 136 Å². The summed E-state index contributed by atoms with van der Waals surface area (Å²) in [5, 5.41) is 0. The molecule has 1 heterocycles. The predicted octanol–water partition coefficient (Wildman–Crippen LogP) is 3.38. The van der Waals surface area contributed by atoms with E-state index in [9.17, 15) is 4.79 Å². The number of esters is 1. The highest BCUT2D eigenvalue weighted by molar-refractivity contribution is 9.11. The second-order valence-corrected chi connectivity index (χ2v) is 6.74. The van der Waals surface area contributed by atoms with E-state index >= 15 is 0 Å². The Morgan fingerprint density at radius 3 is 2.81 bits per heavy atom. The first kappa shape index (κ1) is 16.1. The van der Waals surface area contributed by atoms with Gasteiger partial charge in [0.2, 0.25) is 0 Å². The minimum absolute atomic E-state index is 0.201. The molecule has 0 spiro atoms. The van der Waals surface area contributed by atoms with E-state index in [2.05, 4.69) is 25.7 Å². The number of rotatable bonds is 7. The van der Waals surface area contributed by atoms with Crippen molar-refractivity contribution in [1.82, 2.24) is 4.98 Å². The summed E-state index contributed by atoms with van der Waals surface area (Å²) in [7, 11) is 1.38. The number of benzene rings is 1. The summed E-state index contributed by atoms with van der Waals surface area (Å²) in [6.07, 6.45) is 0.940. The van der Waals surface area contributed by atoms with E-state index in [0.29, 0.717) is 13.2 Å². The highest BCUT2D eigenvalue weighted by atomic mass is 79.9. The Morgan fingerprint density at radius 1 is 1.33 bits per heavy atom. The Morgan fingerprint density at radius 2 is 2.10 bits per heavy atom. The third kappa shape index (κ3) is 5.22. The molecule has 112 valence electrons. The van der Waals surface area contributed by atoms with Crippen LogP contribution in [0.15, 0.2) is 34.2 Å². The summed E-state index contributed by atoms with van der Waals surface area (Å²) in [6.45, 7) is 1.19. The van der Waals surface area contributed by atoms with E-state index in [0.717, 1.165) is 26.5 Å². The van der Waals surface area contributed by atoms with Gasteiger partial charge in [0.15, 0.2) is 3.92 Å². The molecule has 0 atom stereocenters. The standard InChI is InChI=1S/C15H16BrNO3S/c1-19-14(18)9-12-13(21-15(16)17-12)7-8-20-10-11-5-3-2-4-6-11/h2-6H,7-10H2,1H3. The summed E-state index contributed by atoms with van der Waals surface area (Å²) in [5.41, 5.74) is 1.92. The van der Waals surface area contributed by atoms with E-state index in [-0.39, 0.29) is 12.4 Å². The van der Waals surface area contributed by atoms with Gasteiger partial charge >= 0.3 is 5.97 Å². The van der Waals surface area contributed by atoms with Crippen LogP contribution in [0.25, 0.3) is 0 Å². The average Bonchev–Trinajstić information content (AvgIpc) is 2.84. The van der Waals surface area contributed by atoms with Crippen LogP contribution >= 0.6 is 27.3 Å². The molecule has 0 saturated heterocycles. The summed E-state index contributed by atoms with van der Waals surface area (Å²) < 4.78 is 11.1. The van der Waals surface area contributed by atoms with Crippen molar-refractivity contribution >= 4 is 33.2 Å². The molecule has 1 aromatic heterocycles. The molecular weight excluding hydrogens is 354 g/mol. The van der Waals surface area contributed by atoms with Gasteiger partial charge in [0.1, 0.15) is 0 Å². The van der Waals surface area contributed by atoms with E-state index in [1.54, 1.807) is 0 Å². The Hall–Kier alpha value is -1.24. The van der Waals surface area contributed by atoms with Crippen LogP contribution in [0.4, 0.5) is 0 Å². The summed E-state index contributed by atoms with van der Waals surface area (Å²) in [6, 6.07) is 10.0. The van der Waals surface area contributed by atoms with Crippen LogP contribution in [0.1, 0.15) is 16.1 Å². The highest BCUT2D eigenvalue weighted by Gasteiger charge is 2.13. The third-order valence-corrected chi connectivity index (χ3v) is 4.49. The Kier molecular flexibility index (Phi) is 6.35. The van der Waals surface area contributed by atoms with Crippen LogP contribution < -0.4 is 0 Å². The number of carbonyl (C=O) groups is 1. The SMILES string of the molecule is COC(=O)Cc1nc(Br)sc1CCOCc1ccccc1. The smallest absolute Gasteiger partial charge is 0.311 e. The lowest BCUT2D eigenvalue weighted by molar-refractivity contribution is -0.139.